The second-order valence-electron chi connectivity index (χ2n) is 12.4. The summed E-state index contributed by atoms with van der Waals surface area (Å²) in [5.74, 6) is 3.69. The second kappa shape index (κ2) is 7.17. The number of fused-ring (bicyclic) bond motifs is 6. The maximum atomic E-state index is 13.4. The van der Waals surface area contributed by atoms with Crippen LogP contribution in [-0.2, 0) is 9.59 Å². The molecule has 5 aliphatic carbocycles. The Hall–Kier alpha value is -1.16. The van der Waals surface area contributed by atoms with E-state index in [9.17, 15) is 9.59 Å². The maximum Gasteiger partial charge on any atom is 0.198 e. The molecule has 5 unspecified atom stereocenters. The first-order chi connectivity index (χ1) is 15.3. The molecule has 0 amide bonds. The Bertz CT molecular complexity index is 942. The third-order valence-corrected chi connectivity index (χ3v) is 12.2. The molecular weight excluding hydrogens is 414 g/mol. The quantitative estimate of drug-likeness (QED) is 0.477. The zero-order chi connectivity index (χ0) is 22.3. The molecule has 0 bridgehead atoms. The van der Waals surface area contributed by atoms with Gasteiger partial charge in [0.05, 0.1) is 0 Å². The Labute approximate surface area is 196 Å². The molecule has 32 heavy (non-hydrogen) atoms. The van der Waals surface area contributed by atoms with Crippen LogP contribution in [0.1, 0.15) is 78.6 Å². The molecule has 5 fully saturated rings. The van der Waals surface area contributed by atoms with Crippen LogP contribution in [0.5, 0.6) is 0 Å². The SMILES string of the molecule is CC1C(=O)CC[C@]2(C)C3CC[C@@]4(C)C(CC[C@@H]4C(=O)Sc4ccccn4)C3CC3(CC3)C12. The first kappa shape index (κ1) is 21.4. The van der Waals surface area contributed by atoms with Crippen molar-refractivity contribution in [2.24, 2.45) is 51.8 Å². The third-order valence-electron chi connectivity index (χ3n) is 11.2. The van der Waals surface area contributed by atoms with Crippen molar-refractivity contribution in [2.75, 3.05) is 0 Å². The second-order valence-corrected chi connectivity index (χ2v) is 13.5. The standard InChI is InChI=1S/C28H37NO2S/c1-17-22(30)10-12-27(3)20-9-11-26(2)19(18(20)16-28(13-14-28)24(17)27)7-8-21(26)25(31)32-23-6-4-5-15-29-23/h4-6,15,17-21,24H,7-14,16H2,1-3H3/t17?,18?,19?,20?,21-,24?,26+,27-/m1/s1. The van der Waals surface area contributed by atoms with Crippen molar-refractivity contribution in [1.82, 2.24) is 4.98 Å². The maximum absolute atomic E-state index is 13.4. The van der Waals surface area contributed by atoms with Crippen LogP contribution in [0, 0.1) is 51.8 Å². The summed E-state index contributed by atoms with van der Waals surface area (Å²) in [6, 6.07) is 5.84. The highest BCUT2D eigenvalue weighted by atomic mass is 32.2. The Morgan fingerprint density at radius 3 is 2.53 bits per heavy atom. The number of carbonyl (C=O) groups excluding carboxylic acids is 2. The van der Waals surface area contributed by atoms with Crippen LogP contribution < -0.4 is 0 Å². The molecule has 1 aromatic heterocycles. The van der Waals surface area contributed by atoms with Crippen LogP contribution in [-0.4, -0.2) is 15.9 Å². The lowest BCUT2D eigenvalue weighted by molar-refractivity contribution is -0.168. The molecule has 3 nitrogen and oxygen atoms in total. The number of aromatic nitrogens is 1. The minimum Gasteiger partial charge on any atom is -0.299 e. The molecule has 0 aliphatic heterocycles. The number of carbonyl (C=O) groups is 2. The number of hydrogen-bond donors (Lipinski definition) is 0. The largest absolute Gasteiger partial charge is 0.299 e. The Balaban J connectivity index is 1.29. The molecule has 0 saturated heterocycles. The number of Topliss-reactive ketones (excluding diaryl/α,β-unsaturated/α-hetero) is 1. The third kappa shape index (κ3) is 2.90. The average Bonchev–Trinajstić information content (AvgIpc) is 3.42. The van der Waals surface area contributed by atoms with Gasteiger partial charge in [-0.3, -0.25) is 9.59 Å². The van der Waals surface area contributed by atoms with Gasteiger partial charge in [-0.25, -0.2) is 4.98 Å². The summed E-state index contributed by atoms with van der Waals surface area (Å²) < 4.78 is 0. The van der Waals surface area contributed by atoms with Gasteiger partial charge in [0.1, 0.15) is 10.8 Å². The molecule has 4 heteroatoms. The van der Waals surface area contributed by atoms with Crippen LogP contribution in [0.3, 0.4) is 0 Å². The van der Waals surface area contributed by atoms with Crippen LogP contribution in [0.25, 0.3) is 0 Å². The lowest BCUT2D eigenvalue weighted by atomic mass is 9.40. The van der Waals surface area contributed by atoms with Gasteiger partial charge in [-0.15, -0.1) is 0 Å². The monoisotopic (exact) mass is 451 g/mol. The Morgan fingerprint density at radius 2 is 1.81 bits per heavy atom. The summed E-state index contributed by atoms with van der Waals surface area (Å²) in [5, 5.41) is 1.18. The Morgan fingerprint density at radius 1 is 1.03 bits per heavy atom. The summed E-state index contributed by atoms with van der Waals surface area (Å²) in [6.07, 6.45) is 12.3. The highest BCUT2D eigenvalue weighted by Gasteiger charge is 2.70. The molecule has 1 aromatic rings. The zero-order valence-corrected chi connectivity index (χ0v) is 20.6. The van der Waals surface area contributed by atoms with E-state index in [1.807, 2.05) is 18.2 Å². The van der Waals surface area contributed by atoms with Gasteiger partial charge in [0.2, 0.25) is 0 Å². The highest BCUT2D eigenvalue weighted by molar-refractivity contribution is 8.13. The smallest absolute Gasteiger partial charge is 0.198 e. The van der Waals surface area contributed by atoms with Gasteiger partial charge in [0.15, 0.2) is 5.12 Å². The van der Waals surface area contributed by atoms with Gasteiger partial charge in [-0.2, -0.15) is 0 Å². The topological polar surface area (TPSA) is 47.0 Å². The summed E-state index contributed by atoms with van der Waals surface area (Å²) in [5.41, 5.74) is 0.878. The van der Waals surface area contributed by atoms with Crippen molar-refractivity contribution in [3.63, 3.8) is 0 Å². The van der Waals surface area contributed by atoms with E-state index in [1.54, 1.807) is 6.20 Å². The summed E-state index contributed by atoms with van der Waals surface area (Å²) in [6.45, 7) is 7.26. The molecule has 5 saturated carbocycles. The van der Waals surface area contributed by atoms with E-state index in [0.717, 1.165) is 36.1 Å². The average molecular weight is 452 g/mol. The summed E-state index contributed by atoms with van der Waals surface area (Å²) in [7, 11) is 0. The number of nitrogens with zero attached hydrogens (tertiary/aromatic N) is 1. The first-order valence-corrected chi connectivity index (χ1v) is 13.8. The zero-order valence-electron chi connectivity index (χ0n) is 19.8. The molecule has 0 N–H and O–H groups in total. The normalized spacial score (nSPS) is 46.3. The van der Waals surface area contributed by atoms with E-state index in [1.165, 1.54) is 50.3 Å². The van der Waals surface area contributed by atoms with E-state index < -0.39 is 0 Å². The van der Waals surface area contributed by atoms with Crippen molar-refractivity contribution >= 4 is 22.7 Å². The van der Waals surface area contributed by atoms with E-state index in [2.05, 4.69) is 25.8 Å². The Kier molecular flexibility index (Phi) is 4.79. The molecule has 0 aromatic carbocycles. The van der Waals surface area contributed by atoms with Crippen molar-refractivity contribution in [3.05, 3.63) is 24.4 Å². The van der Waals surface area contributed by atoms with Crippen LogP contribution in [0.15, 0.2) is 29.4 Å². The predicted octanol–water partition coefficient (Wildman–Crippen LogP) is 6.56. The lowest BCUT2D eigenvalue weighted by Gasteiger charge is -2.64. The fourth-order valence-corrected chi connectivity index (χ4v) is 10.8. The van der Waals surface area contributed by atoms with Gasteiger partial charge in [-0.05, 0) is 115 Å². The van der Waals surface area contributed by atoms with Gasteiger partial charge in [0.25, 0.3) is 0 Å². The van der Waals surface area contributed by atoms with Crippen LogP contribution in [0.4, 0.5) is 0 Å². The lowest BCUT2D eigenvalue weighted by Crippen LogP contribution is -2.59. The van der Waals surface area contributed by atoms with Gasteiger partial charge in [-0.1, -0.05) is 26.8 Å². The van der Waals surface area contributed by atoms with Crippen molar-refractivity contribution < 1.29 is 9.59 Å². The van der Waals surface area contributed by atoms with Crippen molar-refractivity contribution in [2.45, 2.75) is 83.6 Å². The summed E-state index contributed by atoms with van der Waals surface area (Å²) >= 11 is 1.37. The number of rotatable bonds is 2. The molecular formula is C28H37NO2S. The molecule has 6 rings (SSSR count). The predicted molar refractivity (Wildman–Crippen MR) is 127 cm³/mol. The van der Waals surface area contributed by atoms with Gasteiger partial charge < -0.3 is 0 Å². The van der Waals surface area contributed by atoms with E-state index in [4.69, 9.17) is 0 Å². The van der Waals surface area contributed by atoms with Crippen LogP contribution in [0.2, 0.25) is 0 Å². The van der Waals surface area contributed by atoms with Crippen molar-refractivity contribution in [1.29, 1.82) is 0 Å². The number of ketones is 1. The van der Waals surface area contributed by atoms with Crippen molar-refractivity contribution in [3.8, 4) is 0 Å². The molecule has 1 heterocycles. The minimum atomic E-state index is 0.134. The fraction of sp³-hybridized carbons (Fsp3) is 0.750. The number of hydrogen-bond acceptors (Lipinski definition) is 4. The number of pyridine rings is 1. The molecule has 172 valence electrons. The van der Waals surface area contributed by atoms with Gasteiger partial charge in [0, 0.05) is 24.5 Å². The molecule has 1 spiro atoms. The van der Waals surface area contributed by atoms with Crippen LogP contribution >= 0.6 is 11.8 Å². The van der Waals surface area contributed by atoms with Gasteiger partial charge >= 0.3 is 0 Å². The first-order valence-electron chi connectivity index (χ1n) is 12.9. The van der Waals surface area contributed by atoms with E-state index in [0.29, 0.717) is 33.6 Å². The molecule has 0 radical (unpaired) electrons. The fourth-order valence-electron chi connectivity index (χ4n) is 9.81. The van der Waals surface area contributed by atoms with E-state index >= 15 is 0 Å². The minimum absolute atomic E-state index is 0.134. The highest BCUT2D eigenvalue weighted by Crippen LogP contribution is 2.76. The number of thioether (sulfide) groups is 1. The van der Waals surface area contributed by atoms with E-state index in [-0.39, 0.29) is 17.3 Å². The molecule has 5 aliphatic rings. The molecule has 8 atom stereocenters. The summed E-state index contributed by atoms with van der Waals surface area (Å²) in [4.78, 5) is 30.5.